The third-order valence-electron chi connectivity index (χ3n) is 1.53. The van der Waals surface area contributed by atoms with E-state index >= 15 is 0 Å². The molecular weight excluding hydrogens is 400 g/mol. The predicted octanol–water partition coefficient (Wildman–Crippen LogP) is 4.41. The molecule has 0 aliphatic carbocycles. The lowest BCUT2D eigenvalue weighted by atomic mass is 10.1. The van der Waals surface area contributed by atoms with Gasteiger partial charge in [-0.2, -0.15) is 13.2 Å². The summed E-state index contributed by atoms with van der Waals surface area (Å²) in [6.45, 7) is 0. The number of hydrogen-bond acceptors (Lipinski definition) is 1. The molecule has 0 bridgehead atoms. The lowest BCUT2D eigenvalue weighted by Gasteiger charge is -2.14. The molecule has 0 fully saturated rings. The van der Waals surface area contributed by atoms with Crippen LogP contribution in [-0.4, -0.2) is 4.98 Å². The van der Waals surface area contributed by atoms with Gasteiger partial charge in [0, 0.05) is 16.2 Å². The second-order valence-electron chi connectivity index (χ2n) is 2.48. The van der Waals surface area contributed by atoms with Gasteiger partial charge in [0.15, 0.2) is 0 Å². The predicted molar refractivity (Wildman–Crippen MR) is 54.6 cm³/mol. The van der Waals surface area contributed by atoms with Crippen LogP contribution in [0.4, 0.5) is 22.0 Å². The van der Waals surface area contributed by atoms with E-state index in [9.17, 15) is 22.0 Å². The summed E-state index contributed by atoms with van der Waals surface area (Å²) in [6, 6.07) is 0. The van der Waals surface area contributed by atoms with Crippen LogP contribution in [0.15, 0.2) is 10.7 Å². The molecule has 0 atom stereocenters. The van der Waals surface area contributed by atoms with Gasteiger partial charge in [0.2, 0.25) is 0 Å². The molecule has 0 aliphatic heterocycles. The van der Waals surface area contributed by atoms with Crippen LogP contribution in [0.2, 0.25) is 0 Å². The molecule has 0 spiro atoms. The van der Waals surface area contributed by atoms with Crippen LogP contribution in [-0.2, 0) is 6.18 Å². The summed E-state index contributed by atoms with van der Waals surface area (Å²) in [5, 5.41) is 0. The number of hydrogen-bond donors (Lipinski definition) is 0. The molecule has 0 N–H and O–H groups in total. The molecule has 15 heavy (non-hydrogen) atoms. The quantitative estimate of drug-likeness (QED) is 0.386. The molecule has 1 rings (SSSR count). The molecule has 0 saturated heterocycles. The number of nitrogens with zero attached hydrogens (tertiary/aromatic N) is 1. The van der Waals surface area contributed by atoms with E-state index in [0.717, 1.165) is 6.20 Å². The van der Waals surface area contributed by atoms with Crippen LogP contribution < -0.4 is 0 Å². The van der Waals surface area contributed by atoms with E-state index in [1.54, 1.807) is 0 Å². The van der Waals surface area contributed by atoms with Crippen LogP contribution in [0, 0.1) is 3.70 Å². The number of halogens is 7. The molecule has 1 aromatic rings. The van der Waals surface area contributed by atoms with Crippen molar-refractivity contribution in [3.63, 3.8) is 0 Å². The summed E-state index contributed by atoms with van der Waals surface area (Å²) in [6.07, 6.45) is -7.11. The van der Waals surface area contributed by atoms with Crippen molar-refractivity contribution in [2.45, 2.75) is 12.6 Å². The Kier molecular flexibility index (Phi) is 3.90. The van der Waals surface area contributed by atoms with Gasteiger partial charge in [-0.15, -0.1) is 0 Å². The van der Waals surface area contributed by atoms with E-state index in [4.69, 9.17) is 0 Å². The van der Waals surface area contributed by atoms with Crippen molar-refractivity contribution in [2.24, 2.45) is 0 Å². The first-order valence-corrected chi connectivity index (χ1v) is 5.31. The maximum absolute atomic E-state index is 12.5. The Morgan fingerprint density at radius 2 is 1.87 bits per heavy atom. The van der Waals surface area contributed by atoms with E-state index in [1.807, 2.05) is 0 Å². The number of aromatic nitrogens is 1. The van der Waals surface area contributed by atoms with Crippen LogP contribution >= 0.6 is 38.5 Å². The van der Waals surface area contributed by atoms with Gasteiger partial charge in [0.05, 0.1) is 5.56 Å². The Balaban J connectivity index is 3.53. The Labute approximate surface area is 103 Å². The Morgan fingerprint density at radius 1 is 1.33 bits per heavy atom. The maximum atomic E-state index is 12.5. The van der Waals surface area contributed by atoms with Crippen molar-refractivity contribution in [1.29, 1.82) is 0 Å². The standard InChI is InChI=1S/C7H2BrF5IN/c8-2-1-15-6(14)4(7(11,12)13)3(2)5(9)10/h1,5H. The fourth-order valence-corrected chi connectivity index (χ4v) is 2.17. The number of rotatable bonds is 1. The van der Waals surface area contributed by atoms with Gasteiger partial charge >= 0.3 is 6.18 Å². The first kappa shape index (κ1) is 13.1. The first-order chi connectivity index (χ1) is 6.75. The van der Waals surface area contributed by atoms with Gasteiger partial charge in [-0.1, -0.05) is 0 Å². The molecule has 8 heteroatoms. The Morgan fingerprint density at radius 3 is 2.20 bits per heavy atom. The molecule has 0 amide bonds. The second-order valence-corrected chi connectivity index (χ2v) is 4.36. The highest BCUT2D eigenvalue weighted by Crippen LogP contribution is 2.41. The van der Waals surface area contributed by atoms with E-state index < -0.39 is 27.4 Å². The second kappa shape index (κ2) is 4.48. The summed E-state index contributed by atoms with van der Waals surface area (Å²) in [7, 11) is 0. The zero-order chi connectivity index (χ0) is 11.8. The van der Waals surface area contributed by atoms with Crippen molar-refractivity contribution in [2.75, 3.05) is 0 Å². The van der Waals surface area contributed by atoms with Crippen molar-refractivity contribution in [3.05, 3.63) is 25.5 Å². The van der Waals surface area contributed by atoms with Crippen molar-refractivity contribution >= 4 is 38.5 Å². The summed E-state index contributed by atoms with van der Waals surface area (Å²) >= 11 is 3.90. The van der Waals surface area contributed by atoms with E-state index in [1.165, 1.54) is 22.6 Å². The topological polar surface area (TPSA) is 12.9 Å². The average molecular weight is 402 g/mol. The molecule has 0 aromatic carbocycles. The first-order valence-electron chi connectivity index (χ1n) is 3.44. The van der Waals surface area contributed by atoms with Crippen LogP contribution in [0.25, 0.3) is 0 Å². The Hall–Kier alpha value is 0.01000. The van der Waals surface area contributed by atoms with Gasteiger partial charge in [-0.25, -0.2) is 13.8 Å². The van der Waals surface area contributed by atoms with E-state index in [-0.39, 0.29) is 4.47 Å². The van der Waals surface area contributed by atoms with Crippen molar-refractivity contribution < 1.29 is 22.0 Å². The minimum absolute atomic E-state index is 0.342. The SMILES string of the molecule is FC(F)c1c(Br)cnc(I)c1C(F)(F)F. The van der Waals surface area contributed by atoms with Gasteiger partial charge in [0.1, 0.15) is 3.70 Å². The average Bonchev–Trinajstić information content (AvgIpc) is 2.05. The third kappa shape index (κ3) is 2.77. The largest absolute Gasteiger partial charge is 0.419 e. The Bertz CT molecular complexity index is 378. The van der Waals surface area contributed by atoms with E-state index in [0.29, 0.717) is 0 Å². The minimum Gasteiger partial charge on any atom is -0.248 e. The molecule has 1 aromatic heterocycles. The lowest BCUT2D eigenvalue weighted by molar-refractivity contribution is -0.140. The molecule has 1 nitrogen and oxygen atoms in total. The van der Waals surface area contributed by atoms with Gasteiger partial charge in [-0.3, -0.25) is 0 Å². The van der Waals surface area contributed by atoms with E-state index in [2.05, 4.69) is 20.9 Å². The normalized spacial score (nSPS) is 12.3. The summed E-state index contributed by atoms with van der Waals surface area (Å²) < 4.78 is 61.4. The highest BCUT2D eigenvalue weighted by molar-refractivity contribution is 14.1. The van der Waals surface area contributed by atoms with Crippen LogP contribution in [0.5, 0.6) is 0 Å². The lowest BCUT2D eigenvalue weighted by Crippen LogP contribution is -2.14. The summed E-state index contributed by atoms with van der Waals surface area (Å²) in [4.78, 5) is 3.37. The molecule has 0 aliphatic rings. The fourth-order valence-electron chi connectivity index (χ4n) is 0.961. The molecule has 0 unspecified atom stereocenters. The highest BCUT2D eigenvalue weighted by Gasteiger charge is 2.39. The highest BCUT2D eigenvalue weighted by atomic mass is 127. The molecule has 0 saturated carbocycles. The zero-order valence-corrected chi connectivity index (χ0v) is 10.5. The van der Waals surface area contributed by atoms with Crippen molar-refractivity contribution in [3.8, 4) is 0 Å². The summed E-state index contributed by atoms with van der Waals surface area (Å²) in [5.74, 6) is 0. The molecule has 1 heterocycles. The minimum atomic E-state index is -4.83. The smallest absolute Gasteiger partial charge is 0.248 e. The van der Waals surface area contributed by atoms with Gasteiger partial charge in [-0.05, 0) is 38.5 Å². The maximum Gasteiger partial charge on any atom is 0.419 e. The van der Waals surface area contributed by atoms with Crippen LogP contribution in [0.1, 0.15) is 17.6 Å². The van der Waals surface area contributed by atoms with Gasteiger partial charge in [0.25, 0.3) is 6.43 Å². The molecule has 84 valence electrons. The van der Waals surface area contributed by atoms with Crippen molar-refractivity contribution in [1.82, 2.24) is 4.98 Å². The monoisotopic (exact) mass is 401 g/mol. The van der Waals surface area contributed by atoms with Crippen LogP contribution in [0.3, 0.4) is 0 Å². The summed E-state index contributed by atoms with van der Waals surface area (Å²) in [5.41, 5.74) is -2.45. The zero-order valence-electron chi connectivity index (χ0n) is 6.75. The number of pyridine rings is 1. The number of alkyl halides is 5. The molecular formula is C7H2BrF5IN. The molecule has 0 radical (unpaired) electrons. The van der Waals surface area contributed by atoms with Gasteiger partial charge < -0.3 is 0 Å². The fraction of sp³-hybridized carbons (Fsp3) is 0.286. The third-order valence-corrected chi connectivity index (χ3v) is 2.98.